The van der Waals surface area contributed by atoms with Crippen LogP contribution in [0.3, 0.4) is 0 Å². The van der Waals surface area contributed by atoms with Crippen molar-refractivity contribution in [2.24, 2.45) is 0 Å². The maximum Gasteiger partial charge on any atom is 0.416 e. The first-order valence-electron chi connectivity index (χ1n) is 8.24. The average molecular weight is 365 g/mol. The van der Waals surface area contributed by atoms with Crippen LogP contribution in [0.25, 0.3) is 0 Å². The summed E-state index contributed by atoms with van der Waals surface area (Å²) in [6.07, 6.45) is -3.63. The van der Waals surface area contributed by atoms with Gasteiger partial charge in [-0.2, -0.15) is 23.4 Å². The normalized spacial score (nSPS) is 16.3. The SMILES string of the molecule is Cc1nc(CN2CCCN(c3ccc(C(F)(F)F)cc3C#N)CC2)no1. The zero-order valence-electron chi connectivity index (χ0n) is 14.3. The van der Waals surface area contributed by atoms with E-state index in [9.17, 15) is 18.4 Å². The summed E-state index contributed by atoms with van der Waals surface area (Å²) >= 11 is 0. The largest absolute Gasteiger partial charge is 0.416 e. The summed E-state index contributed by atoms with van der Waals surface area (Å²) in [7, 11) is 0. The van der Waals surface area contributed by atoms with E-state index < -0.39 is 11.7 Å². The number of hydrogen-bond acceptors (Lipinski definition) is 6. The Balaban J connectivity index is 1.71. The second kappa shape index (κ2) is 7.33. The molecule has 1 saturated heterocycles. The first-order valence-corrected chi connectivity index (χ1v) is 8.24. The Morgan fingerprint density at radius 2 is 2.04 bits per heavy atom. The van der Waals surface area contributed by atoms with Crippen LogP contribution in [0.2, 0.25) is 0 Å². The zero-order valence-corrected chi connectivity index (χ0v) is 14.3. The number of halogens is 3. The summed E-state index contributed by atoms with van der Waals surface area (Å²) in [6.45, 7) is 5.07. The van der Waals surface area contributed by atoms with E-state index in [2.05, 4.69) is 15.0 Å². The lowest BCUT2D eigenvalue weighted by Crippen LogP contribution is -2.31. The predicted octanol–water partition coefficient (Wildman–Crippen LogP) is 2.98. The molecule has 9 heteroatoms. The van der Waals surface area contributed by atoms with Crippen molar-refractivity contribution >= 4 is 5.69 Å². The number of rotatable bonds is 3. The third-order valence-corrected chi connectivity index (χ3v) is 4.31. The average Bonchev–Trinajstić information content (AvgIpc) is 2.87. The summed E-state index contributed by atoms with van der Waals surface area (Å²) in [4.78, 5) is 8.32. The minimum absolute atomic E-state index is 0.0436. The van der Waals surface area contributed by atoms with Gasteiger partial charge in [-0.15, -0.1) is 0 Å². The van der Waals surface area contributed by atoms with E-state index in [4.69, 9.17) is 4.52 Å². The van der Waals surface area contributed by atoms with E-state index in [0.717, 1.165) is 25.1 Å². The van der Waals surface area contributed by atoms with Gasteiger partial charge in [-0.1, -0.05) is 5.16 Å². The number of aromatic nitrogens is 2. The Morgan fingerprint density at radius 1 is 1.23 bits per heavy atom. The highest BCUT2D eigenvalue weighted by Gasteiger charge is 2.31. The third kappa shape index (κ3) is 4.14. The zero-order chi connectivity index (χ0) is 18.7. The van der Waals surface area contributed by atoms with Gasteiger partial charge in [-0.25, -0.2) is 0 Å². The Labute approximate surface area is 148 Å². The Hall–Kier alpha value is -2.60. The van der Waals surface area contributed by atoms with Gasteiger partial charge in [0.25, 0.3) is 0 Å². The fraction of sp³-hybridized carbons (Fsp3) is 0.471. The molecule has 1 aliphatic rings. The van der Waals surface area contributed by atoms with Crippen LogP contribution in [0.5, 0.6) is 0 Å². The summed E-state index contributed by atoms with van der Waals surface area (Å²) < 4.78 is 43.5. The van der Waals surface area contributed by atoms with Gasteiger partial charge in [0, 0.05) is 33.1 Å². The van der Waals surface area contributed by atoms with Crippen LogP contribution in [-0.4, -0.2) is 41.2 Å². The molecule has 0 spiro atoms. The Kier molecular flexibility index (Phi) is 5.13. The van der Waals surface area contributed by atoms with Gasteiger partial charge in [0.1, 0.15) is 6.07 Å². The number of nitriles is 1. The van der Waals surface area contributed by atoms with E-state index in [1.54, 1.807) is 6.92 Å². The second-order valence-corrected chi connectivity index (χ2v) is 6.19. The Bertz CT molecular complexity index is 811. The first-order chi connectivity index (χ1) is 12.4. The van der Waals surface area contributed by atoms with E-state index in [1.165, 1.54) is 6.07 Å². The molecule has 2 heterocycles. The van der Waals surface area contributed by atoms with Gasteiger partial charge < -0.3 is 9.42 Å². The van der Waals surface area contributed by atoms with Crippen molar-refractivity contribution < 1.29 is 17.7 Å². The fourth-order valence-electron chi connectivity index (χ4n) is 3.05. The minimum atomic E-state index is -4.46. The molecular formula is C17H18F3N5O. The van der Waals surface area contributed by atoms with Crippen LogP contribution in [0, 0.1) is 18.3 Å². The molecule has 0 N–H and O–H groups in total. The molecule has 1 aliphatic heterocycles. The number of nitrogens with zero attached hydrogens (tertiary/aromatic N) is 5. The summed E-state index contributed by atoms with van der Waals surface area (Å²) in [5.41, 5.74) is -0.221. The smallest absolute Gasteiger partial charge is 0.369 e. The lowest BCUT2D eigenvalue weighted by Gasteiger charge is -2.24. The summed E-state index contributed by atoms with van der Waals surface area (Å²) in [6, 6.07) is 5.23. The highest BCUT2D eigenvalue weighted by molar-refractivity contribution is 5.61. The third-order valence-electron chi connectivity index (χ3n) is 4.31. The monoisotopic (exact) mass is 365 g/mol. The van der Waals surface area contributed by atoms with Gasteiger partial charge in [0.15, 0.2) is 5.82 Å². The molecule has 0 bridgehead atoms. The number of anilines is 1. The second-order valence-electron chi connectivity index (χ2n) is 6.19. The quantitative estimate of drug-likeness (QED) is 0.833. The van der Waals surface area contributed by atoms with Crippen molar-refractivity contribution in [3.63, 3.8) is 0 Å². The maximum absolute atomic E-state index is 12.9. The van der Waals surface area contributed by atoms with E-state index in [1.807, 2.05) is 11.0 Å². The standard InChI is InChI=1S/C17H18F3N5O/c1-12-22-16(23-26-12)11-24-5-2-6-25(8-7-24)15-4-3-14(17(18,19)20)9-13(15)10-21/h3-4,9H,2,5-8,11H2,1H3. The van der Waals surface area contributed by atoms with Crippen molar-refractivity contribution in [3.05, 3.63) is 41.0 Å². The van der Waals surface area contributed by atoms with Crippen LogP contribution in [0.15, 0.2) is 22.7 Å². The fourth-order valence-corrected chi connectivity index (χ4v) is 3.05. The van der Waals surface area contributed by atoms with Crippen LogP contribution < -0.4 is 4.90 Å². The molecule has 0 saturated carbocycles. The van der Waals surface area contributed by atoms with Crippen molar-refractivity contribution in [1.29, 1.82) is 5.26 Å². The van der Waals surface area contributed by atoms with E-state index >= 15 is 0 Å². The molecule has 2 aromatic rings. The molecule has 3 rings (SSSR count). The predicted molar refractivity (Wildman–Crippen MR) is 87.3 cm³/mol. The first kappa shape index (κ1) is 18.2. The van der Waals surface area contributed by atoms with E-state index in [0.29, 0.717) is 43.6 Å². The van der Waals surface area contributed by atoms with Gasteiger partial charge in [-0.05, 0) is 24.6 Å². The highest BCUT2D eigenvalue weighted by Crippen LogP contribution is 2.33. The lowest BCUT2D eigenvalue weighted by atomic mass is 10.1. The van der Waals surface area contributed by atoms with Crippen LogP contribution in [0.4, 0.5) is 18.9 Å². The van der Waals surface area contributed by atoms with Gasteiger partial charge >= 0.3 is 6.18 Å². The van der Waals surface area contributed by atoms with Crippen LogP contribution in [0.1, 0.15) is 29.3 Å². The number of aryl methyl sites for hydroxylation is 1. The van der Waals surface area contributed by atoms with Gasteiger partial charge in [0.05, 0.1) is 23.4 Å². The van der Waals surface area contributed by atoms with Crippen molar-refractivity contribution in [1.82, 2.24) is 15.0 Å². The van der Waals surface area contributed by atoms with Gasteiger partial charge in [-0.3, -0.25) is 4.90 Å². The maximum atomic E-state index is 12.9. The molecule has 0 atom stereocenters. The van der Waals surface area contributed by atoms with E-state index in [-0.39, 0.29) is 5.56 Å². The molecule has 0 aliphatic carbocycles. The molecule has 6 nitrogen and oxygen atoms in total. The lowest BCUT2D eigenvalue weighted by molar-refractivity contribution is -0.137. The van der Waals surface area contributed by atoms with Crippen LogP contribution in [-0.2, 0) is 12.7 Å². The molecule has 0 amide bonds. The number of benzene rings is 1. The number of alkyl halides is 3. The molecule has 26 heavy (non-hydrogen) atoms. The molecular weight excluding hydrogens is 347 g/mol. The molecule has 0 unspecified atom stereocenters. The molecule has 138 valence electrons. The molecule has 0 radical (unpaired) electrons. The van der Waals surface area contributed by atoms with Crippen molar-refractivity contribution in [2.75, 3.05) is 31.1 Å². The molecule has 1 aromatic carbocycles. The summed E-state index contributed by atoms with van der Waals surface area (Å²) in [5, 5.41) is 13.2. The topological polar surface area (TPSA) is 69.2 Å². The number of hydrogen-bond donors (Lipinski definition) is 0. The van der Waals surface area contributed by atoms with Gasteiger partial charge in [0.2, 0.25) is 5.89 Å². The summed E-state index contributed by atoms with van der Waals surface area (Å²) in [5.74, 6) is 1.13. The molecule has 1 aromatic heterocycles. The van der Waals surface area contributed by atoms with Crippen molar-refractivity contribution in [2.45, 2.75) is 26.1 Å². The Morgan fingerprint density at radius 3 is 2.69 bits per heavy atom. The minimum Gasteiger partial charge on any atom is -0.369 e. The highest BCUT2D eigenvalue weighted by atomic mass is 19.4. The van der Waals surface area contributed by atoms with Crippen molar-refractivity contribution in [3.8, 4) is 6.07 Å². The molecule has 1 fully saturated rings. The van der Waals surface area contributed by atoms with Crippen LogP contribution >= 0.6 is 0 Å².